The van der Waals surface area contributed by atoms with E-state index in [4.69, 9.17) is 9.84 Å². The van der Waals surface area contributed by atoms with Gasteiger partial charge in [-0.05, 0) is 18.9 Å². The lowest BCUT2D eigenvalue weighted by Crippen LogP contribution is -2.17. The second kappa shape index (κ2) is 5.32. The number of rotatable bonds is 3. The fraction of sp³-hybridized carbons (Fsp3) is 0.455. The van der Waals surface area contributed by atoms with Crippen LogP contribution in [0.2, 0.25) is 0 Å². The average molecular weight is 239 g/mol. The second-order valence-electron chi connectivity index (χ2n) is 3.61. The van der Waals surface area contributed by atoms with Crippen molar-refractivity contribution in [3.05, 3.63) is 24.0 Å². The maximum Gasteiger partial charge on any atom is 0.338 e. The smallest absolute Gasteiger partial charge is 0.338 e. The molecular formula is C11H13NO3S. The van der Waals surface area contributed by atoms with Crippen LogP contribution >= 0.6 is 11.8 Å². The lowest BCUT2D eigenvalue weighted by molar-refractivity contribution is 0.0692. The number of carboxylic acids is 1. The van der Waals surface area contributed by atoms with Crippen molar-refractivity contribution >= 4 is 17.7 Å². The van der Waals surface area contributed by atoms with Gasteiger partial charge in [0.2, 0.25) is 0 Å². The van der Waals surface area contributed by atoms with E-state index >= 15 is 0 Å². The zero-order valence-corrected chi connectivity index (χ0v) is 9.57. The molecule has 4 nitrogen and oxygen atoms in total. The van der Waals surface area contributed by atoms with Crippen LogP contribution in [0.1, 0.15) is 23.2 Å². The van der Waals surface area contributed by atoms with E-state index in [-0.39, 0.29) is 0 Å². The summed E-state index contributed by atoms with van der Waals surface area (Å²) in [6.07, 6.45) is 5.00. The molecule has 2 heterocycles. The Morgan fingerprint density at radius 2 is 2.25 bits per heavy atom. The van der Waals surface area contributed by atoms with E-state index in [2.05, 4.69) is 4.98 Å². The van der Waals surface area contributed by atoms with Gasteiger partial charge in [-0.25, -0.2) is 4.79 Å². The Labute approximate surface area is 98.0 Å². The number of hydrogen-bond donors (Lipinski definition) is 1. The van der Waals surface area contributed by atoms with E-state index < -0.39 is 5.97 Å². The number of carboxylic acid groups (broad SMARTS) is 1. The maximum absolute atomic E-state index is 11.0. The number of hydrogen-bond acceptors (Lipinski definition) is 4. The van der Waals surface area contributed by atoms with Crippen LogP contribution in [-0.2, 0) is 4.74 Å². The lowest BCUT2D eigenvalue weighted by atomic mass is 10.2. The normalized spacial score (nSPS) is 17.2. The highest BCUT2D eigenvalue weighted by Gasteiger charge is 2.18. The largest absolute Gasteiger partial charge is 0.478 e. The summed E-state index contributed by atoms with van der Waals surface area (Å²) >= 11 is 1.62. The Hall–Kier alpha value is -1.07. The molecule has 0 aromatic carbocycles. The van der Waals surface area contributed by atoms with Crippen molar-refractivity contribution in [2.24, 2.45) is 0 Å². The van der Waals surface area contributed by atoms with Crippen molar-refractivity contribution in [3.8, 4) is 0 Å². The van der Waals surface area contributed by atoms with Crippen LogP contribution in [-0.4, -0.2) is 34.5 Å². The molecule has 1 aromatic heterocycles. The average Bonchev–Trinajstić information content (AvgIpc) is 2.31. The van der Waals surface area contributed by atoms with Crippen LogP contribution in [0.25, 0.3) is 0 Å². The summed E-state index contributed by atoms with van der Waals surface area (Å²) < 4.78 is 5.27. The van der Waals surface area contributed by atoms with Gasteiger partial charge in [0.1, 0.15) is 0 Å². The minimum absolute atomic E-state index is 0.291. The van der Waals surface area contributed by atoms with E-state index in [9.17, 15) is 4.79 Å². The molecule has 1 aliphatic heterocycles. The Morgan fingerprint density at radius 3 is 2.94 bits per heavy atom. The van der Waals surface area contributed by atoms with E-state index in [0.717, 1.165) is 31.0 Å². The zero-order chi connectivity index (χ0) is 11.4. The molecule has 0 amide bonds. The molecule has 0 spiro atoms. The van der Waals surface area contributed by atoms with Crippen LogP contribution < -0.4 is 0 Å². The monoisotopic (exact) mass is 239 g/mol. The summed E-state index contributed by atoms with van der Waals surface area (Å²) in [5, 5.41) is 9.47. The third-order valence-electron chi connectivity index (χ3n) is 2.47. The number of aromatic carboxylic acids is 1. The molecule has 1 fully saturated rings. The first-order chi connectivity index (χ1) is 7.77. The maximum atomic E-state index is 11.0. The second-order valence-corrected chi connectivity index (χ2v) is 4.95. The fourth-order valence-electron chi connectivity index (χ4n) is 1.62. The molecule has 1 aromatic rings. The van der Waals surface area contributed by atoms with Gasteiger partial charge in [-0.3, -0.25) is 4.98 Å². The molecule has 0 unspecified atom stereocenters. The van der Waals surface area contributed by atoms with E-state index in [1.54, 1.807) is 24.0 Å². The number of thioether (sulfide) groups is 1. The molecule has 1 N–H and O–H groups in total. The van der Waals surface area contributed by atoms with Crippen molar-refractivity contribution < 1.29 is 14.6 Å². The molecule has 5 heteroatoms. The topological polar surface area (TPSA) is 59.4 Å². The molecule has 0 aliphatic carbocycles. The van der Waals surface area contributed by atoms with Crippen LogP contribution in [0.3, 0.4) is 0 Å². The number of carbonyl (C=O) groups is 1. The van der Waals surface area contributed by atoms with Gasteiger partial charge in [0.25, 0.3) is 0 Å². The molecule has 86 valence electrons. The molecule has 0 radical (unpaired) electrons. The summed E-state index contributed by atoms with van der Waals surface area (Å²) in [6, 6.07) is 1.77. The minimum Gasteiger partial charge on any atom is -0.478 e. The first-order valence-electron chi connectivity index (χ1n) is 5.19. The summed E-state index contributed by atoms with van der Waals surface area (Å²) in [6.45, 7) is 1.54. The van der Waals surface area contributed by atoms with Gasteiger partial charge in [-0.2, -0.15) is 0 Å². The van der Waals surface area contributed by atoms with Gasteiger partial charge in [0.15, 0.2) is 0 Å². The SMILES string of the molecule is O=C(O)c1cnccc1SC1CCOCC1. The zero-order valence-electron chi connectivity index (χ0n) is 8.76. The Bertz CT molecular complexity index is 377. The summed E-state index contributed by atoms with van der Waals surface area (Å²) in [4.78, 5) is 15.6. The lowest BCUT2D eigenvalue weighted by Gasteiger charge is -2.21. The van der Waals surface area contributed by atoms with Gasteiger partial charge in [0.05, 0.1) is 5.56 Å². The quantitative estimate of drug-likeness (QED) is 0.874. The van der Waals surface area contributed by atoms with E-state index in [0.29, 0.717) is 10.8 Å². The summed E-state index contributed by atoms with van der Waals surface area (Å²) in [7, 11) is 0. The highest BCUT2D eigenvalue weighted by Crippen LogP contribution is 2.31. The number of aromatic nitrogens is 1. The number of nitrogens with zero attached hydrogens (tertiary/aromatic N) is 1. The predicted molar refractivity (Wildman–Crippen MR) is 60.9 cm³/mol. The van der Waals surface area contributed by atoms with Crippen molar-refractivity contribution in [1.82, 2.24) is 4.98 Å². The number of pyridine rings is 1. The van der Waals surface area contributed by atoms with Gasteiger partial charge >= 0.3 is 5.97 Å². The minimum atomic E-state index is -0.914. The third kappa shape index (κ3) is 2.74. The molecule has 0 atom stereocenters. The first kappa shape index (κ1) is 11.4. The van der Waals surface area contributed by atoms with Gasteiger partial charge < -0.3 is 9.84 Å². The first-order valence-corrected chi connectivity index (χ1v) is 6.07. The standard InChI is InChI=1S/C11H13NO3S/c13-11(14)9-7-12-4-1-10(9)16-8-2-5-15-6-3-8/h1,4,7-8H,2-3,5-6H2,(H,13,14). The predicted octanol–water partition coefficient (Wildman–Crippen LogP) is 2.05. The van der Waals surface area contributed by atoms with Crippen LogP contribution in [0.5, 0.6) is 0 Å². The van der Waals surface area contributed by atoms with Gasteiger partial charge in [-0.1, -0.05) is 0 Å². The van der Waals surface area contributed by atoms with Crippen LogP contribution in [0.4, 0.5) is 0 Å². The van der Waals surface area contributed by atoms with Crippen LogP contribution in [0.15, 0.2) is 23.4 Å². The van der Waals surface area contributed by atoms with E-state index in [1.165, 1.54) is 6.20 Å². The molecule has 1 saturated heterocycles. The molecule has 2 rings (SSSR count). The highest BCUT2D eigenvalue weighted by molar-refractivity contribution is 8.00. The fourth-order valence-corrected chi connectivity index (χ4v) is 2.81. The van der Waals surface area contributed by atoms with Gasteiger partial charge in [0, 0.05) is 35.8 Å². The highest BCUT2D eigenvalue weighted by atomic mass is 32.2. The number of ether oxygens (including phenoxy) is 1. The van der Waals surface area contributed by atoms with Gasteiger partial charge in [-0.15, -0.1) is 11.8 Å². The molecular weight excluding hydrogens is 226 g/mol. The third-order valence-corrected chi connectivity index (χ3v) is 3.89. The van der Waals surface area contributed by atoms with Crippen molar-refractivity contribution in [2.45, 2.75) is 23.0 Å². The Morgan fingerprint density at radius 1 is 1.50 bits per heavy atom. The Kier molecular flexibility index (Phi) is 3.79. The van der Waals surface area contributed by atoms with Crippen molar-refractivity contribution in [1.29, 1.82) is 0 Å². The van der Waals surface area contributed by atoms with Crippen molar-refractivity contribution in [3.63, 3.8) is 0 Å². The van der Waals surface area contributed by atoms with Crippen molar-refractivity contribution in [2.75, 3.05) is 13.2 Å². The molecule has 0 bridgehead atoms. The summed E-state index contributed by atoms with van der Waals surface area (Å²) in [5.41, 5.74) is 0.291. The molecule has 1 aliphatic rings. The summed E-state index contributed by atoms with van der Waals surface area (Å²) in [5.74, 6) is -0.914. The van der Waals surface area contributed by atoms with Crippen LogP contribution in [0, 0.1) is 0 Å². The molecule has 0 saturated carbocycles. The Balaban J connectivity index is 2.10. The van der Waals surface area contributed by atoms with E-state index in [1.807, 2.05) is 0 Å². The molecule has 16 heavy (non-hydrogen) atoms.